The first-order valence-corrected chi connectivity index (χ1v) is 27.8. The number of aromatic nitrogens is 3. The molecule has 2 aliphatic heterocycles. The van der Waals surface area contributed by atoms with Crippen LogP contribution in [0.1, 0.15) is 143 Å². The van der Waals surface area contributed by atoms with E-state index in [1.165, 1.54) is 44.1 Å². The highest BCUT2D eigenvalue weighted by atomic mass is 32.1. The number of carbonyl (C=O) groups excluding carboxylic acids is 4. The van der Waals surface area contributed by atoms with Crippen molar-refractivity contribution in [2.45, 2.75) is 163 Å². The first-order chi connectivity index (χ1) is 35.5. The summed E-state index contributed by atoms with van der Waals surface area (Å²) in [6.45, 7) is 16.1. The largest absolute Gasteiger partial charge is 0.496 e. The van der Waals surface area contributed by atoms with Crippen LogP contribution in [0.4, 0.5) is 0 Å². The van der Waals surface area contributed by atoms with Crippen LogP contribution in [0.3, 0.4) is 0 Å². The van der Waals surface area contributed by atoms with Crippen LogP contribution in [0.2, 0.25) is 0 Å². The normalized spacial score (nSPS) is 16.9. The van der Waals surface area contributed by atoms with Crippen molar-refractivity contribution in [2.75, 3.05) is 33.3 Å². The zero-order chi connectivity index (χ0) is 52.9. The van der Waals surface area contributed by atoms with Crippen LogP contribution in [0.5, 0.6) is 5.75 Å². The highest BCUT2D eigenvalue weighted by Gasteiger charge is 2.44. The number of aliphatic hydroxyl groups excluding tert-OH is 1. The van der Waals surface area contributed by atoms with Crippen molar-refractivity contribution >= 4 is 45.9 Å². The Balaban J connectivity index is 0.750. The fraction of sp³-hybridized carbons (Fsp3) is 0.552. The second-order valence-electron chi connectivity index (χ2n) is 21.8. The molecule has 0 bridgehead atoms. The van der Waals surface area contributed by atoms with Gasteiger partial charge in [-0.2, -0.15) is 0 Å². The van der Waals surface area contributed by atoms with Gasteiger partial charge in [0.2, 0.25) is 17.7 Å². The fourth-order valence-electron chi connectivity index (χ4n) is 10.8. The number of H-pyrrole nitrogens is 1. The number of nitrogens with one attached hydrogen (secondary N) is 4. The molecule has 3 atom stereocenters. The molecule has 3 aromatic heterocycles. The Morgan fingerprint density at radius 2 is 1.57 bits per heavy atom. The molecule has 4 amide bonds. The van der Waals surface area contributed by atoms with E-state index in [2.05, 4.69) is 41.5 Å². The van der Waals surface area contributed by atoms with Crippen molar-refractivity contribution in [1.82, 2.24) is 40.3 Å². The number of thiazole rings is 1. The smallest absolute Gasteiger partial charge is 0.256 e. The van der Waals surface area contributed by atoms with Crippen molar-refractivity contribution in [2.24, 2.45) is 11.3 Å². The lowest BCUT2D eigenvalue weighted by Crippen LogP contribution is -2.57. The van der Waals surface area contributed by atoms with Gasteiger partial charge in [-0.3, -0.25) is 24.0 Å². The van der Waals surface area contributed by atoms with Crippen molar-refractivity contribution < 1.29 is 29.0 Å². The Morgan fingerprint density at radius 1 is 0.892 bits per heavy atom. The number of hydrogen-bond donors (Lipinski definition) is 5. The molecule has 0 spiro atoms. The zero-order valence-corrected chi connectivity index (χ0v) is 45.6. The zero-order valence-electron chi connectivity index (χ0n) is 44.8. The van der Waals surface area contributed by atoms with E-state index in [0.29, 0.717) is 41.5 Å². The minimum atomic E-state index is -0.833. The SMILES string of the molecule is COc1cc(C)[nH]c(=O)c1CNC(=O)c1c(C)n(CC2CCN(CCCCCCCCCCCC(=O)NC(C(=O)N3CC(O)CC3C(=O)NCc3ccc(-c4scnc4C)cc3)C(C)(C)C)CC2)c2ccccc12. The second kappa shape index (κ2) is 26.1. The molecule has 74 heavy (non-hydrogen) atoms. The minimum absolute atomic E-state index is 0.0445. The first kappa shape index (κ1) is 55.9. The van der Waals surface area contributed by atoms with E-state index < -0.39 is 23.6 Å². The molecule has 2 fully saturated rings. The number of unbranched alkanes of at least 4 members (excludes halogenated alkanes) is 8. The number of fused-ring (bicyclic) bond motifs is 1. The van der Waals surface area contributed by atoms with Gasteiger partial charge in [0.25, 0.3) is 11.5 Å². The van der Waals surface area contributed by atoms with E-state index in [1.54, 1.807) is 24.3 Å². The summed E-state index contributed by atoms with van der Waals surface area (Å²) in [6, 6.07) is 16.2. The molecule has 2 aliphatic rings. The van der Waals surface area contributed by atoms with Crippen molar-refractivity contribution in [3.8, 4) is 16.2 Å². The van der Waals surface area contributed by atoms with Crippen LogP contribution in [-0.4, -0.2) is 105 Å². The molecule has 5 N–H and O–H groups in total. The summed E-state index contributed by atoms with van der Waals surface area (Å²) in [6.07, 6.45) is 11.9. The summed E-state index contributed by atoms with van der Waals surface area (Å²) in [5.41, 5.74) is 7.68. The Kier molecular flexibility index (Phi) is 19.7. The topological polar surface area (TPSA) is 191 Å². The molecule has 2 saturated heterocycles. The van der Waals surface area contributed by atoms with Crippen molar-refractivity contribution in [3.05, 3.63) is 104 Å². The summed E-state index contributed by atoms with van der Waals surface area (Å²) < 4.78 is 7.75. The van der Waals surface area contributed by atoms with Gasteiger partial charge in [-0.05, 0) is 101 Å². The number of aliphatic hydroxyl groups is 1. The van der Waals surface area contributed by atoms with E-state index in [1.807, 2.05) is 82.6 Å². The van der Waals surface area contributed by atoms with Crippen LogP contribution in [-0.2, 0) is 34.0 Å². The Hall–Kier alpha value is -5.84. The molecule has 400 valence electrons. The first-order valence-electron chi connectivity index (χ1n) is 26.9. The number of β-amino-alcohol motifs (C(OH)–C–C–N with tert-alkyl or cyclic N) is 1. The molecule has 7 rings (SSSR count). The van der Waals surface area contributed by atoms with Crippen LogP contribution >= 0.6 is 11.3 Å². The number of rotatable bonds is 24. The third kappa shape index (κ3) is 14.5. The van der Waals surface area contributed by atoms with Gasteiger partial charge in [0.05, 0.1) is 47.0 Å². The van der Waals surface area contributed by atoms with E-state index in [4.69, 9.17) is 4.74 Å². The average Bonchev–Trinajstić information content (AvgIpc) is 4.07. The maximum atomic E-state index is 14.1. The number of pyridine rings is 1. The number of hydrogen-bond acceptors (Lipinski definition) is 10. The fourth-order valence-corrected chi connectivity index (χ4v) is 11.6. The highest BCUT2D eigenvalue weighted by Crippen LogP contribution is 2.31. The van der Waals surface area contributed by atoms with Gasteiger partial charge >= 0.3 is 0 Å². The molecule has 5 aromatic rings. The summed E-state index contributed by atoms with van der Waals surface area (Å²) in [4.78, 5) is 79.4. The van der Waals surface area contributed by atoms with Gasteiger partial charge in [-0.1, -0.05) is 108 Å². The molecule has 5 heterocycles. The van der Waals surface area contributed by atoms with E-state index in [0.717, 1.165) is 103 Å². The minimum Gasteiger partial charge on any atom is -0.496 e. The van der Waals surface area contributed by atoms with Gasteiger partial charge < -0.3 is 45.1 Å². The molecule has 2 aromatic carbocycles. The monoisotopic (exact) mass is 1030 g/mol. The quantitative estimate of drug-likeness (QED) is 0.0376. The molecule has 16 heteroatoms. The van der Waals surface area contributed by atoms with Gasteiger partial charge in [0.15, 0.2) is 0 Å². The average molecular weight is 1030 g/mol. The number of piperidine rings is 1. The lowest BCUT2D eigenvalue weighted by Gasteiger charge is -2.35. The van der Waals surface area contributed by atoms with Crippen LogP contribution in [0, 0.1) is 32.1 Å². The maximum Gasteiger partial charge on any atom is 0.256 e. The van der Waals surface area contributed by atoms with Gasteiger partial charge in [0.1, 0.15) is 17.8 Å². The lowest BCUT2D eigenvalue weighted by atomic mass is 9.85. The number of methoxy groups -OCH3 is 1. The summed E-state index contributed by atoms with van der Waals surface area (Å²) in [5.74, 6) is -0.0514. The van der Waals surface area contributed by atoms with Gasteiger partial charge in [-0.15, -0.1) is 11.3 Å². The van der Waals surface area contributed by atoms with Crippen LogP contribution in [0.25, 0.3) is 21.3 Å². The lowest BCUT2D eigenvalue weighted by molar-refractivity contribution is -0.144. The standard InChI is InChI=1S/C58H80N8O7S/c1-38-31-49(73-7)46(54(69)62-38)34-60-56(71)51-40(3)65(47-20-17-16-19-45(47)51)35-42-26-29-64(30-27-42)28-18-14-12-10-8-9-11-13-15-21-50(68)63-53(58(4,5)6)57(72)66-36-44(67)32-48(66)55(70)59-33-41-22-24-43(25-23-41)52-39(2)61-37-74-52/h16-17,19-20,22-25,31,37,42,44,48,53,67H,8-15,18,21,26-30,32-36H2,1-7H3,(H,59,70)(H,60,71)(H,62,69)(H,63,68). The number of para-hydroxylation sites is 1. The van der Waals surface area contributed by atoms with E-state index in [9.17, 15) is 29.1 Å². The molecular weight excluding hydrogens is 953 g/mol. The number of carbonyl (C=O) groups is 4. The molecular formula is C58H80N8O7S. The van der Waals surface area contributed by atoms with Crippen molar-refractivity contribution in [1.29, 1.82) is 0 Å². The molecule has 3 unspecified atom stereocenters. The van der Waals surface area contributed by atoms with Gasteiger partial charge in [0, 0.05) is 54.8 Å². The number of benzene rings is 2. The van der Waals surface area contributed by atoms with E-state index >= 15 is 0 Å². The van der Waals surface area contributed by atoms with E-state index in [-0.39, 0.29) is 48.7 Å². The maximum absolute atomic E-state index is 14.1. The predicted molar refractivity (Wildman–Crippen MR) is 293 cm³/mol. The number of ether oxygens (including phenoxy) is 1. The Morgan fingerprint density at radius 3 is 2.23 bits per heavy atom. The Bertz CT molecular complexity index is 2750. The summed E-state index contributed by atoms with van der Waals surface area (Å²) >= 11 is 1.59. The number of aryl methyl sites for hydroxylation is 2. The van der Waals surface area contributed by atoms with Crippen molar-refractivity contribution in [3.63, 3.8) is 0 Å². The number of likely N-dealkylation sites (tertiary alicyclic amines) is 2. The number of nitrogens with zero attached hydrogens (tertiary/aromatic N) is 4. The van der Waals surface area contributed by atoms with Gasteiger partial charge in [-0.25, -0.2) is 4.98 Å². The molecule has 0 aliphatic carbocycles. The molecule has 0 saturated carbocycles. The highest BCUT2D eigenvalue weighted by molar-refractivity contribution is 7.13. The molecule has 0 radical (unpaired) electrons. The summed E-state index contributed by atoms with van der Waals surface area (Å²) in [7, 11) is 1.53. The number of aromatic amines is 1. The number of amides is 4. The Labute approximate surface area is 441 Å². The second-order valence-corrected chi connectivity index (χ2v) is 22.6. The molecule has 15 nitrogen and oxygen atoms in total. The third-order valence-electron chi connectivity index (χ3n) is 15.1. The van der Waals surface area contributed by atoms with Crippen LogP contribution in [0.15, 0.2) is 64.9 Å². The summed E-state index contributed by atoms with van der Waals surface area (Å²) in [5, 5.41) is 20.5. The van der Waals surface area contributed by atoms with Crippen LogP contribution < -0.4 is 26.2 Å². The third-order valence-corrected chi connectivity index (χ3v) is 16.0. The predicted octanol–water partition coefficient (Wildman–Crippen LogP) is 8.74.